The lowest BCUT2D eigenvalue weighted by atomic mass is 10.2. The van der Waals surface area contributed by atoms with Gasteiger partial charge in [-0.2, -0.15) is 4.98 Å². The number of ether oxygens (including phenoxy) is 2. The molecule has 1 aliphatic heterocycles. The smallest absolute Gasteiger partial charge is 0.258 e. The fraction of sp³-hybridized carbons (Fsp3) is 0.200. The molecular weight excluding hydrogens is 406 g/mol. The number of nitrogens with zero attached hydrogens (tertiary/aromatic N) is 2. The van der Waals surface area contributed by atoms with Crippen LogP contribution in [0.15, 0.2) is 41.3 Å². The molecule has 30 heavy (non-hydrogen) atoms. The Kier molecular flexibility index (Phi) is 5.57. The number of hydrogen-bond donors (Lipinski definition) is 3. The number of nitrogens with one attached hydrogen (secondary N) is 3. The number of benzene rings is 2. The average molecular weight is 425 g/mol. The average Bonchev–Trinajstić information content (AvgIpc) is 3.13. The number of hydrogen-bond acceptors (Lipinski definition) is 7. The molecule has 4 rings (SSSR count). The summed E-state index contributed by atoms with van der Waals surface area (Å²) in [5.41, 5.74) is 1.70. The van der Waals surface area contributed by atoms with Crippen LogP contribution in [-0.2, 0) is 4.79 Å². The number of H-pyrrole nitrogens is 1. The minimum atomic E-state index is -0.381. The van der Waals surface area contributed by atoms with Gasteiger partial charge in [-0.3, -0.25) is 20.0 Å². The highest BCUT2D eigenvalue weighted by Crippen LogP contribution is 2.33. The van der Waals surface area contributed by atoms with Gasteiger partial charge in [0.25, 0.3) is 5.91 Å². The maximum absolute atomic E-state index is 12.7. The molecule has 0 fully saturated rings. The van der Waals surface area contributed by atoms with Gasteiger partial charge in [-0.25, -0.2) is 0 Å². The Bertz CT molecular complexity index is 1110. The number of aromatic amines is 1. The summed E-state index contributed by atoms with van der Waals surface area (Å²) < 4.78 is 10.6. The monoisotopic (exact) mass is 425 g/mol. The summed E-state index contributed by atoms with van der Waals surface area (Å²) in [5.74, 6) is 2.04. The molecule has 0 bridgehead atoms. The molecule has 10 heteroatoms. The molecule has 2 aromatic carbocycles. The van der Waals surface area contributed by atoms with Crippen molar-refractivity contribution in [3.63, 3.8) is 0 Å². The molecule has 2 heterocycles. The van der Waals surface area contributed by atoms with Gasteiger partial charge in [0.15, 0.2) is 5.82 Å². The van der Waals surface area contributed by atoms with Gasteiger partial charge in [-0.05, 0) is 30.3 Å². The van der Waals surface area contributed by atoms with Crippen molar-refractivity contribution in [1.82, 2.24) is 15.2 Å². The van der Waals surface area contributed by atoms with Crippen LogP contribution in [0, 0.1) is 0 Å². The van der Waals surface area contributed by atoms with Gasteiger partial charge < -0.3 is 14.8 Å². The van der Waals surface area contributed by atoms with Crippen LogP contribution in [0.4, 0.5) is 11.6 Å². The fourth-order valence-electron chi connectivity index (χ4n) is 2.97. The van der Waals surface area contributed by atoms with Crippen molar-refractivity contribution in [3.05, 3.63) is 42.0 Å². The third-order valence-corrected chi connectivity index (χ3v) is 5.55. The highest BCUT2D eigenvalue weighted by atomic mass is 32.2. The lowest BCUT2D eigenvalue weighted by Crippen LogP contribution is -2.14. The van der Waals surface area contributed by atoms with Crippen molar-refractivity contribution in [2.75, 3.05) is 30.6 Å². The first-order valence-electron chi connectivity index (χ1n) is 9.10. The summed E-state index contributed by atoms with van der Waals surface area (Å²) in [6, 6.07) is 10.5. The molecule has 0 unspecified atom stereocenters. The van der Waals surface area contributed by atoms with Crippen molar-refractivity contribution in [1.29, 1.82) is 0 Å². The van der Waals surface area contributed by atoms with Crippen LogP contribution < -0.4 is 20.1 Å². The third kappa shape index (κ3) is 4.08. The van der Waals surface area contributed by atoms with E-state index in [4.69, 9.17) is 9.47 Å². The predicted molar refractivity (Wildman–Crippen MR) is 113 cm³/mol. The maximum atomic E-state index is 12.7. The molecule has 154 valence electrons. The Hall–Kier alpha value is -3.53. The van der Waals surface area contributed by atoms with Crippen molar-refractivity contribution >= 4 is 35.2 Å². The van der Waals surface area contributed by atoms with Crippen LogP contribution >= 0.6 is 11.8 Å². The minimum Gasteiger partial charge on any atom is -0.497 e. The standard InChI is InChI=1S/C20H19N5O4S/c1-28-12-4-5-13(15(10-12)29-2)18-22-20(25-24-18)23-19(27)11-3-6-16-14(9-11)21-17(26)7-8-30-16/h3-6,9-10H,7-8H2,1-2H3,(H,21,26)(H2,22,23,24,25,27). The van der Waals surface area contributed by atoms with E-state index in [-0.39, 0.29) is 17.8 Å². The first-order valence-corrected chi connectivity index (χ1v) is 10.1. The van der Waals surface area contributed by atoms with E-state index in [1.165, 1.54) is 0 Å². The number of thioether (sulfide) groups is 1. The molecule has 1 aromatic heterocycles. The van der Waals surface area contributed by atoms with E-state index in [1.807, 2.05) is 6.07 Å². The topological polar surface area (TPSA) is 118 Å². The van der Waals surface area contributed by atoms with E-state index >= 15 is 0 Å². The number of anilines is 2. The number of amides is 2. The van der Waals surface area contributed by atoms with E-state index in [1.54, 1.807) is 56.3 Å². The molecule has 3 aromatic rings. The fourth-order valence-corrected chi connectivity index (χ4v) is 3.90. The van der Waals surface area contributed by atoms with Crippen LogP contribution in [0.1, 0.15) is 16.8 Å². The number of carbonyl (C=O) groups is 2. The normalized spacial score (nSPS) is 13.1. The molecule has 1 aliphatic rings. The molecule has 0 saturated heterocycles. The number of methoxy groups -OCH3 is 2. The number of aromatic nitrogens is 3. The van der Waals surface area contributed by atoms with Gasteiger partial charge in [-0.1, -0.05) is 0 Å². The van der Waals surface area contributed by atoms with E-state index in [2.05, 4.69) is 25.8 Å². The molecule has 0 radical (unpaired) electrons. The largest absolute Gasteiger partial charge is 0.497 e. The Balaban J connectivity index is 1.53. The molecule has 0 atom stereocenters. The SMILES string of the molecule is COc1ccc(-c2nc(NC(=O)c3ccc4c(c3)NC(=O)CCS4)n[nH]2)c(OC)c1. The van der Waals surface area contributed by atoms with Gasteiger partial charge >= 0.3 is 0 Å². The van der Waals surface area contributed by atoms with Crippen molar-refractivity contribution in [2.45, 2.75) is 11.3 Å². The van der Waals surface area contributed by atoms with Gasteiger partial charge in [-0.15, -0.1) is 16.9 Å². The molecule has 2 amide bonds. The number of carbonyl (C=O) groups excluding carboxylic acids is 2. The summed E-state index contributed by atoms with van der Waals surface area (Å²) in [4.78, 5) is 29.7. The zero-order valence-electron chi connectivity index (χ0n) is 16.3. The third-order valence-electron chi connectivity index (χ3n) is 4.48. The lowest BCUT2D eigenvalue weighted by Gasteiger charge is -2.08. The van der Waals surface area contributed by atoms with Crippen LogP contribution in [0.2, 0.25) is 0 Å². The Morgan fingerprint density at radius 3 is 2.83 bits per heavy atom. The second kappa shape index (κ2) is 8.46. The minimum absolute atomic E-state index is 0.0640. The van der Waals surface area contributed by atoms with E-state index in [9.17, 15) is 9.59 Å². The molecular formula is C20H19N5O4S. The van der Waals surface area contributed by atoms with Gasteiger partial charge in [0, 0.05) is 28.7 Å². The Morgan fingerprint density at radius 1 is 1.17 bits per heavy atom. The number of fused-ring (bicyclic) bond motifs is 1. The quantitative estimate of drug-likeness (QED) is 0.574. The van der Waals surface area contributed by atoms with Gasteiger partial charge in [0.1, 0.15) is 11.5 Å². The first kappa shape index (κ1) is 19.8. The highest BCUT2D eigenvalue weighted by Gasteiger charge is 2.18. The van der Waals surface area contributed by atoms with Gasteiger partial charge in [0.2, 0.25) is 11.9 Å². The molecule has 0 spiro atoms. The van der Waals surface area contributed by atoms with Gasteiger partial charge in [0.05, 0.1) is 25.5 Å². The second-order valence-electron chi connectivity index (χ2n) is 6.39. The molecule has 0 saturated carbocycles. The molecule has 9 nitrogen and oxygen atoms in total. The Labute approximate surface area is 176 Å². The van der Waals surface area contributed by atoms with Crippen molar-refractivity contribution < 1.29 is 19.1 Å². The summed E-state index contributed by atoms with van der Waals surface area (Å²) in [6.45, 7) is 0. The lowest BCUT2D eigenvalue weighted by molar-refractivity contribution is -0.115. The number of rotatable bonds is 5. The van der Waals surface area contributed by atoms with Crippen LogP contribution in [0.3, 0.4) is 0 Å². The summed E-state index contributed by atoms with van der Waals surface area (Å²) >= 11 is 1.58. The summed E-state index contributed by atoms with van der Waals surface area (Å²) in [6.07, 6.45) is 0.440. The first-order chi connectivity index (χ1) is 14.6. The summed E-state index contributed by atoms with van der Waals surface area (Å²) in [5, 5.41) is 12.4. The van der Waals surface area contributed by atoms with E-state index in [0.717, 1.165) is 4.90 Å². The zero-order valence-corrected chi connectivity index (χ0v) is 17.1. The molecule has 0 aliphatic carbocycles. The van der Waals surface area contributed by atoms with Crippen LogP contribution in [0.5, 0.6) is 11.5 Å². The van der Waals surface area contributed by atoms with E-state index in [0.29, 0.717) is 46.3 Å². The Morgan fingerprint density at radius 2 is 2.03 bits per heavy atom. The van der Waals surface area contributed by atoms with Crippen LogP contribution in [0.25, 0.3) is 11.4 Å². The predicted octanol–water partition coefficient (Wildman–Crippen LogP) is 3.18. The van der Waals surface area contributed by atoms with E-state index < -0.39 is 0 Å². The molecule has 3 N–H and O–H groups in total. The highest BCUT2D eigenvalue weighted by molar-refractivity contribution is 7.99. The summed E-state index contributed by atoms with van der Waals surface area (Å²) in [7, 11) is 3.12. The zero-order chi connectivity index (χ0) is 21.1. The van der Waals surface area contributed by atoms with Crippen molar-refractivity contribution in [2.24, 2.45) is 0 Å². The van der Waals surface area contributed by atoms with Crippen molar-refractivity contribution in [3.8, 4) is 22.9 Å². The van der Waals surface area contributed by atoms with Crippen LogP contribution in [-0.4, -0.2) is 47.0 Å². The maximum Gasteiger partial charge on any atom is 0.258 e. The second-order valence-corrected chi connectivity index (χ2v) is 7.52.